The van der Waals surface area contributed by atoms with Crippen LogP contribution in [0.3, 0.4) is 0 Å². The van der Waals surface area contributed by atoms with Crippen LogP contribution in [0.4, 0.5) is 0 Å². The number of hydrogen-bond acceptors (Lipinski definition) is 1. The summed E-state index contributed by atoms with van der Waals surface area (Å²) in [5.74, 6) is 2.11. The molecule has 0 amide bonds. The zero-order chi connectivity index (χ0) is 16.6. The molecule has 1 nitrogen and oxygen atoms in total. The molecule has 2 saturated carbocycles. The molecule has 0 heterocycles. The van der Waals surface area contributed by atoms with Crippen LogP contribution in [0, 0.1) is 32.1 Å². The third-order valence-electron chi connectivity index (χ3n) is 5.06. The Morgan fingerprint density at radius 3 is 1.35 bits per heavy atom. The Balaban J connectivity index is 0. The molecule has 1 unspecified atom stereocenters. The summed E-state index contributed by atoms with van der Waals surface area (Å²) >= 11 is 1.55. The van der Waals surface area contributed by atoms with Crippen molar-refractivity contribution >= 4 is 0 Å². The van der Waals surface area contributed by atoms with E-state index in [1.54, 1.807) is 20.9 Å². The Hall–Kier alpha value is 0.540. The minimum absolute atomic E-state index is 0. The number of rotatable bonds is 4. The van der Waals surface area contributed by atoms with Crippen molar-refractivity contribution in [2.45, 2.75) is 104 Å². The largest absolute Gasteiger partial charge is 0.358 e. The van der Waals surface area contributed by atoms with Gasteiger partial charge in [-0.05, 0) is 11.8 Å². The van der Waals surface area contributed by atoms with Gasteiger partial charge in [0.05, 0.1) is 0 Å². The van der Waals surface area contributed by atoms with Crippen molar-refractivity contribution in [2.24, 2.45) is 15.2 Å². The third kappa shape index (κ3) is 15.8. The van der Waals surface area contributed by atoms with Gasteiger partial charge in [0.2, 0.25) is 0 Å². The first kappa shape index (κ1) is 25.8. The van der Waals surface area contributed by atoms with Gasteiger partial charge in [-0.3, -0.25) is 0 Å². The first-order valence-electron chi connectivity index (χ1n) is 9.65. The van der Waals surface area contributed by atoms with Crippen molar-refractivity contribution < 1.29 is 20.9 Å². The minimum atomic E-state index is 0. The summed E-state index contributed by atoms with van der Waals surface area (Å²) < 4.78 is 4.06. The van der Waals surface area contributed by atoms with Gasteiger partial charge >= 0.3 is 50.5 Å². The van der Waals surface area contributed by atoms with Crippen molar-refractivity contribution in [2.75, 3.05) is 0 Å². The van der Waals surface area contributed by atoms with Crippen LogP contribution in [0.2, 0.25) is 0 Å². The molecule has 2 rings (SSSR count). The summed E-state index contributed by atoms with van der Waals surface area (Å²) in [7, 11) is 0. The zero-order valence-electron chi connectivity index (χ0n) is 16.6. The first-order valence-corrected chi connectivity index (χ1v) is 10.6. The fourth-order valence-corrected chi connectivity index (χ4v) is 3.29. The smallest absolute Gasteiger partial charge is 0.0465 e. The van der Waals surface area contributed by atoms with Gasteiger partial charge in [0.15, 0.2) is 0 Å². The monoisotopic (exact) mass is 401 g/mol. The summed E-state index contributed by atoms with van der Waals surface area (Å²) in [5, 5.41) is 0. The molecule has 0 N–H and O–H groups in total. The van der Waals surface area contributed by atoms with Crippen LogP contribution in [0.15, 0.2) is 3.34 Å². The van der Waals surface area contributed by atoms with E-state index in [1.165, 1.54) is 70.6 Å². The maximum absolute atomic E-state index is 4.06. The van der Waals surface area contributed by atoms with Crippen molar-refractivity contribution in [1.82, 2.24) is 0 Å². The molecule has 0 aromatic carbocycles. The third-order valence-corrected chi connectivity index (χ3v) is 6.03. The molecule has 0 aromatic rings. The maximum atomic E-state index is 4.06. The minimum Gasteiger partial charge on any atom is -0.358 e. The SMILES string of the molecule is CCC(C)[N]=[Nb].CCC1CC[CH-]CC1.CCC1CC[CH-]CC1.[CH3-]. The van der Waals surface area contributed by atoms with Gasteiger partial charge in [0, 0.05) is 0 Å². The predicted octanol–water partition coefficient (Wildman–Crippen LogP) is 7.55. The van der Waals surface area contributed by atoms with E-state index in [2.05, 4.69) is 43.9 Å². The Morgan fingerprint density at radius 1 is 0.870 bits per heavy atom. The van der Waals surface area contributed by atoms with Gasteiger partial charge in [-0.25, -0.2) is 0 Å². The van der Waals surface area contributed by atoms with Crippen LogP contribution in [-0.4, -0.2) is 6.04 Å². The van der Waals surface area contributed by atoms with Gasteiger partial charge in [0.25, 0.3) is 0 Å². The molecule has 0 spiro atoms. The van der Waals surface area contributed by atoms with E-state index >= 15 is 0 Å². The van der Waals surface area contributed by atoms with Crippen molar-refractivity contribution in [3.05, 3.63) is 20.3 Å². The molecule has 1 atom stereocenters. The van der Waals surface area contributed by atoms with Gasteiger partial charge < -0.3 is 20.3 Å². The molecule has 139 valence electrons. The van der Waals surface area contributed by atoms with Crippen LogP contribution in [0.5, 0.6) is 0 Å². The first-order chi connectivity index (χ1) is 10.7. The number of nitrogens with zero attached hydrogens (tertiary/aromatic N) is 1. The average Bonchev–Trinajstić information content (AvgIpc) is 2.63. The molecule has 2 fully saturated rings. The van der Waals surface area contributed by atoms with Gasteiger partial charge in [-0.1, -0.05) is 52.4 Å². The standard InChI is InChI=1S/2C8H15.C4H9N.CH3.Nb/c2*1-2-8-6-4-3-5-7-8;1-3-4(2)5;;/h2*3,8H,2,4-7H2,1H3;4H,3H2,1-2H3;1H3;/q2*-1;;-1;. The van der Waals surface area contributed by atoms with Crippen LogP contribution in [-0.2, 0) is 20.9 Å². The average molecular weight is 401 g/mol. The van der Waals surface area contributed by atoms with Crippen LogP contribution in [0.1, 0.15) is 98.3 Å². The summed E-state index contributed by atoms with van der Waals surface area (Å²) in [6, 6.07) is 0.582. The Bertz CT molecular complexity index is 212. The summed E-state index contributed by atoms with van der Waals surface area (Å²) in [5.41, 5.74) is 0. The van der Waals surface area contributed by atoms with E-state index < -0.39 is 0 Å². The molecule has 23 heavy (non-hydrogen) atoms. The number of hydrogen-bond donors (Lipinski definition) is 0. The van der Waals surface area contributed by atoms with Crippen LogP contribution in [0.25, 0.3) is 0 Å². The summed E-state index contributed by atoms with van der Waals surface area (Å²) in [6.07, 6.45) is 20.1. The molecular formula is C21H42NNb-3. The van der Waals surface area contributed by atoms with Gasteiger partial charge in [-0.15, -0.1) is 0 Å². The van der Waals surface area contributed by atoms with Crippen LogP contribution >= 0.6 is 0 Å². The normalized spacial score (nSPS) is 20.0. The molecule has 0 saturated heterocycles. The second-order valence-corrected chi connectivity index (χ2v) is 7.38. The fourth-order valence-electron chi connectivity index (χ4n) is 2.89. The Morgan fingerprint density at radius 2 is 1.22 bits per heavy atom. The van der Waals surface area contributed by atoms with Gasteiger partial charge in [0.1, 0.15) is 0 Å². The summed E-state index contributed by atoms with van der Waals surface area (Å²) in [4.78, 5) is 0. The van der Waals surface area contributed by atoms with Crippen molar-refractivity contribution in [1.29, 1.82) is 0 Å². The summed E-state index contributed by atoms with van der Waals surface area (Å²) in [6.45, 7) is 8.87. The van der Waals surface area contributed by atoms with Crippen molar-refractivity contribution in [3.8, 4) is 0 Å². The molecule has 2 aliphatic rings. The van der Waals surface area contributed by atoms with E-state index in [1.807, 2.05) is 0 Å². The molecule has 0 aromatic heterocycles. The molecule has 2 aliphatic carbocycles. The molecular weight excluding hydrogens is 359 g/mol. The quantitative estimate of drug-likeness (QED) is 0.341. The van der Waals surface area contributed by atoms with E-state index in [4.69, 9.17) is 0 Å². The topological polar surface area (TPSA) is 12.4 Å². The fraction of sp³-hybridized carbons (Fsp3) is 0.857. The maximum Gasteiger partial charge on any atom is -0.0465 e. The van der Waals surface area contributed by atoms with Crippen molar-refractivity contribution in [3.63, 3.8) is 0 Å². The molecule has 0 radical (unpaired) electrons. The van der Waals surface area contributed by atoms with E-state index in [9.17, 15) is 0 Å². The molecule has 2 heteroatoms. The second-order valence-electron chi connectivity index (χ2n) is 6.81. The van der Waals surface area contributed by atoms with E-state index in [0.717, 1.165) is 11.8 Å². The second kappa shape index (κ2) is 18.9. The molecule has 0 aliphatic heterocycles. The van der Waals surface area contributed by atoms with E-state index in [-0.39, 0.29) is 7.43 Å². The van der Waals surface area contributed by atoms with Crippen LogP contribution < -0.4 is 0 Å². The predicted molar refractivity (Wildman–Crippen MR) is 102 cm³/mol. The van der Waals surface area contributed by atoms with Gasteiger partial charge in [-0.2, -0.15) is 25.7 Å². The Kier molecular flexibility index (Phi) is 21.2. The Labute approximate surface area is 160 Å². The van der Waals surface area contributed by atoms with E-state index in [0.29, 0.717) is 6.04 Å². The molecule has 0 bridgehead atoms. The zero-order valence-corrected chi connectivity index (χ0v) is 18.8.